The van der Waals surface area contributed by atoms with Gasteiger partial charge in [0.05, 0.1) is 50.2 Å². The molecule has 26 heavy (non-hydrogen) atoms. The Balaban J connectivity index is 2.63. The van der Waals surface area contributed by atoms with Gasteiger partial charge in [0.1, 0.15) is 0 Å². The quantitative estimate of drug-likeness (QED) is 0.152. The van der Waals surface area contributed by atoms with Crippen LogP contribution in [-0.2, 0) is 0 Å². The highest BCUT2D eigenvalue weighted by Crippen LogP contribution is 2.58. The van der Waals surface area contributed by atoms with E-state index in [1.807, 2.05) is 0 Å². The van der Waals surface area contributed by atoms with Crippen LogP contribution < -0.4 is 0 Å². The Morgan fingerprint density at radius 3 is 0.538 bits per heavy atom. The predicted molar refractivity (Wildman–Crippen MR) is 120 cm³/mol. The van der Waals surface area contributed by atoms with E-state index >= 15 is 0 Å². The lowest BCUT2D eigenvalue weighted by molar-refractivity contribution is 1.76. The van der Waals surface area contributed by atoms with E-state index in [9.17, 15) is 0 Å². The zero-order valence-corrected chi connectivity index (χ0v) is 19.3. The smallest absolute Gasteiger partial charge is 0.0792 e. The van der Waals surface area contributed by atoms with Crippen LogP contribution in [0.3, 0.4) is 0 Å². The molecule has 0 radical (unpaired) electrons. The summed E-state index contributed by atoms with van der Waals surface area (Å²) in [6, 6.07) is 0. The highest BCUT2D eigenvalue weighted by Gasteiger charge is 2.29. The molecule has 0 nitrogen and oxygen atoms in total. The molecule has 4 aromatic rings. The first-order valence-corrected chi connectivity index (χ1v) is 10.4. The topological polar surface area (TPSA) is 0 Å². The Morgan fingerprint density at radius 2 is 0.346 bits per heavy atom. The van der Waals surface area contributed by atoms with Crippen molar-refractivity contribution in [2.45, 2.75) is 0 Å². The third kappa shape index (κ3) is 2.39. The highest BCUT2D eigenvalue weighted by atomic mass is 35.5. The molecule has 0 spiro atoms. The van der Waals surface area contributed by atoms with Crippen LogP contribution in [0.4, 0.5) is 0 Å². The molecule has 0 aliphatic carbocycles. The Bertz CT molecular complexity index is 1080. The summed E-state index contributed by atoms with van der Waals surface area (Å²) in [6.07, 6.45) is 0. The standard InChI is InChI=1S/C16Cl10/c17-7-3-1-2-5(9(7)19)13(23)16(26)14(24)6(2)10(20)8(18)4(1)12(22)15(25)11(3)21. The number of hydrogen-bond acceptors (Lipinski definition) is 0. The molecule has 0 bridgehead atoms. The third-order valence-corrected chi connectivity index (χ3v) is 8.52. The zero-order valence-electron chi connectivity index (χ0n) is 11.8. The summed E-state index contributed by atoms with van der Waals surface area (Å²) < 4.78 is 0. The van der Waals surface area contributed by atoms with Gasteiger partial charge in [-0.2, -0.15) is 0 Å². The molecule has 0 aliphatic rings. The minimum Gasteiger partial charge on any atom is -0.0819 e. The lowest BCUT2D eigenvalue weighted by Gasteiger charge is -2.21. The van der Waals surface area contributed by atoms with Gasteiger partial charge in [-0.3, -0.25) is 0 Å². The van der Waals surface area contributed by atoms with Crippen LogP contribution in [0.15, 0.2) is 0 Å². The maximum atomic E-state index is 6.49. The van der Waals surface area contributed by atoms with Crippen molar-refractivity contribution in [1.82, 2.24) is 0 Å². The fourth-order valence-electron chi connectivity index (χ4n) is 3.08. The molecule has 0 fully saturated rings. The van der Waals surface area contributed by atoms with Gasteiger partial charge in [0.15, 0.2) is 0 Å². The molecule has 0 aliphatic heterocycles. The van der Waals surface area contributed by atoms with E-state index < -0.39 is 0 Å². The van der Waals surface area contributed by atoms with Crippen LogP contribution >= 0.6 is 116 Å². The minimum atomic E-state index is 0.0744. The van der Waals surface area contributed by atoms with E-state index in [4.69, 9.17) is 116 Å². The van der Waals surface area contributed by atoms with E-state index in [1.165, 1.54) is 0 Å². The van der Waals surface area contributed by atoms with Crippen LogP contribution in [0, 0.1) is 0 Å². The van der Waals surface area contributed by atoms with Crippen molar-refractivity contribution in [2.24, 2.45) is 0 Å². The van der Waals surface area contributed by atoms with Crippen molar-refractivity contribution in [2.75, 3.05) is 0 Å². The van der Waals surface area contributed by atoms with Crippen LogP contribution in [0.25, 0.3) is 32.3 Å². The molecule has 0 saturated carbocycles. The van der Waals surface area contributed by atoms with Crippen molar-refractivity contribution < 1.29 is 0 Å². The fourth-order valence-corrected chi connectivity index (χ4v) is 6.02. The average Bonchev–Trinajstić information content (AvgIpc) is 2.60. The Labute approximate surface area is 196 Å². The normalized spacial score (nSPS) is 12.2. The largest absolute Gasteiger partial charge is 0.0819 e. The Kier molecular flexibility index (Phi) is 5.16. The molecule has 0 unspecified atom stereocenters. The number of rotatable bonds is 0. The second-order valence-electron chi connectivity index (χ2n) is 5.39. The van der Waals surface area contributed by atoms with E-state index in [0.29, 0.717) is 32.3 Å². The molecule has 10 heteroatoms. The van der Waals surface area contributed by atoms with Crippen molar-refractivity contribution in [3.05, 3.63) is 50.2 Å². The van der Waals surface area contributed by atoms with Crippen molar-refractivity contribution >= 4 is 148 Å². The van der Waals surface area contributed by atoms with E-state index in [-0.39, 0.29) is 50.2 Å². The molecule has 0 N–H and O–H groups in total. The number of hydrogen-bond donors (Lipinski definition) is 0. The number of halogens is 10. The van der Waals surface area contributed by atoms with E-state index in [0.717, 1.165) is 0 Å². The summed E-state index contributed by atoms with van der Waals surface area (Å²) in [5, 5.41) is 3.65. The molecule has 4 rings (SSSR count). The third-order valence-electron chi connectivity index (χ3n) is 4.16. The lowest BCUT2D eigenvalue weighted by Crippen LogP contribution is -1.94. The minimum absolute atomic E-state index is 0.0744. The van der Waals surface area contributed by atoms with Gasteiger partial charge in [0, 0.05) is 32.3 Å². The monoisotopic (exact) mass is 542 g/mol. The molecular weight excluding hydrogens is 547 g/mol. The maximum absolute atomic E-state index is 6.49. The van der Waals surface area contributed by atoms with Gasteiger partial charge < -0.3 is 0 Å². The summed E-state index contributed by atoms with van der Waals surface area (Å²) >= 11 is 64.1. The highest BCUT2D eigenvalue weighted by molar-refractivity contribution is 6.65. The molecule has 0 amide bonds. The van der Waals surface area contributed by atoms with Crippen molar-refractivity contribution in [1.29, 1.82) is 0 Å². The van der Waals surface area contributed by atoms with Crippen LogP contribution in [-0.4, -0.2) is 0 Å². The van der Waals surface area contributed by atoms with Gasteiger partial charge in [0.2, 0.25) is 0 Å². The number of benzene rings is 4. The molecule has 4 aromatic carbocycles. The van der Waals surface area contributed by atoms with E-state index in [2.05, 4.69) is 0 Å². The zero-order chi connectivity index (χ0) is 19.2. The summed E-state index contributed by atoms with van der Waals surface area (Å²) in [4.78, 5) is 0. The van der Waals surface area contributed by atoms with Crippen molar-refractivity contribution in [3.63, 3.8) is 0 Å². The Morgan fingerprint density at radius 1 is 0.192 bits per heavy atom. The summed E-state index contributed by atoms with van der Waals surface area (Å²) in [5.41, 5.74) is 0. The van der Waals surface area contributed by atoms with Crippen molar-refractivity contribution in [3.8, 4) is 0 Å². The first-order valence-electron chi connectivity index (χ1n) is 6.64. The first-order chi connectivity index (χ1) is 12.1. The molecule has 0 heterocycles. The van der Waals surface area contributed by atoms with Gasteiger partial charge >= 0.3 is 0 Å². The fraction of sp³-hybridized carbons (Fsp3) is 0. The van der Waals surface area contributed by atoms with Crippen LogP contribution in [0.1, 0.15) is 0 Å². The van der Waals surface area contributed by atoms with Crippen LogP contribution in [0.5, 0.6) is 0 Å². The first kappa shape index (κ1) is 20.1. The molecular formula is C16Cl10. The maximum Gasteiger partial charge on any atom is 0.0792 e. The molecule has 0 aromatic heterocycles. The van der Waals surface area contributed by atoms with Gasteiger partial charge in [-0.1, -0.05) is 116 Å². The second kappa shape index (κ2) is 6.67. The molecule has 134 valence electrons. The average molecular weight is 547 g/mol. The predicted octanol–water partition coefficient (Wildman–Crippen LogP) is 11.1. The van der Waals surface area contributed by atoms with Gasteiger partial charge in [-0.05, 0) is 0 Å². The Hall–Kier alpha value is 0.820. The van der Waals surface area contributed by atoms with E-state index in [1.54, 1.807) is 0 Å². The summed E-state index contributed by atoms with van der Waals surface area (Å²) in [5.74, 6) is 0. The SMILES string of the molecule is Clc1c(Cl)c2c(Cl)c(Cl)c3c(Cl)c(Cl)c(Cl)c4c(Cl)c(Cl)c(c1Cl)c2c34. The van der Waals surface area contributed by atoms with Crippen LogP contribution in [0.2, 0.25) is 50.2 Å². The van der Waals surface area contributed by atoms with Gasteiger partial charge in [0.25, 0.3) is 0 Å². The summed E-state index contributed by atoms with van der Waals surface area (Å²) in [7, 11) is 0. The van der Waals surface area contributed by atoms with Gasteiger partial charge in [-0.25, -0.2) is 0 Å². The lowest BCUT2D eigenvalue weighted by atomic mass is 9.93. The second-order valence-corrected chi connectivity index (χ2v) is 9.17. The molecule has 0 saturated heterocycles. The summed E-state index contributed by atoms with van der Waals surface area (Å²) in [6.45, 7) is 0. The molecule has 0 atom stereocenters. The van der Waals surface area contributed by atoms with Gasteiger partial charge in [-0.15, -0.1) is 0 Å².